The lowest BCUT2D eigenvalue weighted by Crippen LogP contribution is -2.30. The molecule has 0 fully saturated rings. The molecule has 1 aromatic carbocycles. The number of carboxylic acids is 1. The van der Waals surface area contributed by atoms with Gasteiger partial charge in [0.1, 0.15) is 11.8 Å². The van der Waals surface area contributed by atoms with Crippen LogP contribution in [0.15, 0.2) is 37.1 Å². The van der Waals surface area contributed by atoms with E-state index in [-0.39, 0.29) is 23.1 Å². The fourth-order valence-electron chi connectivity index (χ4n) is 5.23. The molecule has 1 atom stereocenters. The smallest absolute Gasteiger partial charge is 0.320 e. The Morgan fingerprint density at radius 3 is 1.58 bits per heavy atom. The Balaban J connectivity index is 2.16. The summed E-state index contributed by atoms with van der Waals surface area (Å²) in [5.41, 5.74) is 6.55. The summed E-state index contributed by atoms with van der Waals surface area (Å²) < 4.78 is 0. The minimum absolute atomic E-state index is 0.134. The van der Waals surface area contributed by atoms with Gasteiger partial charge in [-0.1, -0.05) is 103 Å². The number of aliphatic carboxylic acids is 1. The van der Waals surface area contributed by atoms with Crippen LogP contribution in [-0.4, -0.2) is 45.7 Å². The number of allylic oxidation sites excluding steroid dienone is 1. The summed E-state index contributed by atoms with van der Waals surface area (Å²) in [7, 11) is 0. The SMILES string of the molecule is C=C(O)CCCCCCCCCCCCCCCCCCC(=O)Nc1cc(C(=C)O)cc(C(=O)NCCCC[C@H](N)C(=O)O)c1. The van der Waals surface area contributed by atoms with Crippen LogP contribution in [0.25, 0.3) is 5.76 Å². The van der Waals surface area contributed by atoms with Gasteiger partial charge in [0.25, 0.3) is 5.91 Å². The van der Waals surface area contributed by atoms with Crippen molar-refractivity contribution < 1.29 is 29.7 Å². The van der Waals surface area contributed by atoms with Gasteiger partial charge < -0.3 is 31.7 Å². The number of hydrogen-bond acceptors (Lipinski definition) is 6. The highest BCUT2D eigenvalue weighted by molar-refractivity contribution is 5.98. The standard InChI is InChI=1S/C36H59N3O6/c1-28(40)21-17-15-13-11-9-7-5-3-4-6-8-10-12-14-16-18-23-34(42)39-32-26-30(29(2)41)25-31(27-32)35(43)38-24-20-19-22-33(37)36(44)45/h25-27,33,40-41H,1-24,37H2,(H,38,43)(H,39,42)(H,44,45)/t33-/m0/s1. The van der Waals surface area contributed by atoms with Crippen LogP contribution in [0.4, 0.5) is 5.69 Å². The summed E-state index contributed by atoms with van der Waals surface area (Å²) in [6, 6.07) is 3.76. The summed E-state index contributed by atoms with van der Waals surface area (Å²) in [5.74, 6) is -1.43. The predicted octanol–water partition coefficient (Wildman–Crippen LogP) is 8.56. The molecule has 0 unspecified atom stereocenters. The number of carboxylic acid groups (broad SMARTS) is 1. The zero-order chi connectivity index (χ0) is 33.3. The zero-order valence-electron chi connectivity index (χ0n) is 27.4. The highest BCUT2D eigenvalue weighted by atomic mass is 16.4. The quantitative estimate of drug-likeness (QED) is 0.0399. The molecule has 0 bridgehead atoms. The van der Waals surface area contributed by atoms with Crippen molar-refractivity contribution in [3.8, 4) is 0 Å². The van der Waals surface area contributed by atoms with Gasteiger partial charge in [0, 0.05) is 36.2 Å². The number of aliphatic hydroxyl groups excluding tert-OH is 2. The predicted molar refractivity (Wildman–Crippen MR) is 183 cm³/mol. The average molecular weight is 630 g/mol. The highest BCUT2D eigenvalue weighted by Gasteiger charge is 2.13. The van der Waals surface area contributed by atoms with Crippen molar-refractivity contribution in [3.63, 3.8) is 0 Å². The van der Waals surface area contributed by atoms with E-state index in [1.807, 2.05) is 0 Å². The van der Waals surface area contributed by atoms with Crippen LogP contribution >= 0.6 is 0 Å². The van der Waals surface area contributed by atoms with Crippen molar-refractivity contribution in [1.29, 1.82) is 0 Å². The van der Waals surface area contributed by atoms with Crippen molar-refractivity contribution in [1.82, 2.24) is 5.32 Å². The lowest BCUT2D eigenvalue weighted by atomic mass is 10.0. The van der Waals surface area contributed by atoms with Crippen molar-refractivity contribution in [2.24, 2.45) is 5.73 Å². The fraction of sp³-hybridized carbons (Fsp3) is 0.639. The number of carbonyl (C=O) groups is 3. The first-order chi connectivity index (χ1) is 21.6. The fourth-order valence-corrected chi connectivity index (χ4v) is 5.23. The number of hydrogen-bond donors (Lipinski definition) is 6. The van der Waals surface area contributed by atoms with Crippen LogP contribution in [0, 0.1) is 0 Å². The molecular weight excluding hydrogens is 570 g/mol. The van der Waals surface area contributed by atoms with E-state index in [1.54, 1.807) is 12.1 Å². The number of unbranched alkanes of at least 4 members (excludes halogenated alkanes) is 16. The molecule has 0 heterocycles. The maximum absolute atomic E-state index is 12.7. The van der Waals surface area contributed by atoms with Crippen molar-refractivity contribution in [3.05, 3.63) is 48.2 Å². The van der Waals surface area contributed by atoms with E-state index in [9.17, 15) is 19.5 Å². The Morgan fingerprint density at radius 2 is 1.11 bits per heavy atom. The molecule has 7 N–H and O–H groups in total. The first-order valence-corrected chi connectivity index (χ1v) is 17.1. The Hall–Kier alpha value is -3.33. The zero-order valence-corrected chi connectivity index (χ0v) is 27.4. The number of rotatable bonds is 28. The second kappa shape index (κ2) is 24.9. The molecule has 0 saturated carbocycles. The molecule has 0 radical (unpaired) electrons. The van der Waals surface area contributed by atoms with E-state index in [0.717, 1.165) is 32.1 Å². The number of anilines is 1. The molecule has 1 rings (SSSR count). The molecule has 0 spiro atoms. The van der Waals surface area contributed by atoms with Crippen molar-refractivity contribution in [2.45, 2.75) is 141 Å². The van der Waals surface area contributed by atoms with Gasteiger partial charge >= 0.3 is 5.97 Å². The Morgan fingerprint density at radius 1 is 0.644 bits per heavy atom. The van der Waals surface area contributed by atoms with Gasteiger partial charge in [0.15, 0.2) is 0 Å². The third kappa shape index (κ3) is 21.1. The summed E-state index contributed by atoms with van der Waals surface area (Å²) in [4.78, 5) is 36.0. The molecule has 0 aliphatic rings. The van der Waals surface area contributed by atoms with Gasteiger partial charge in [0.2, 0.25) is 5.91 Å². The molecule has 9 nitrogen and oxygen atoms in total. The van der Waals surface area contributed by atoms with E-state index >= 15 is 0 Å². The molecule has 0 aromatic heterocycles. The molecule has 0 saturated heterocycles. The third-order valence-electron chi connectivity index (χ3n) is 7.98. The average Bonchev–Trinajstić information content (AvgIpc) is 2.99. The Labute approximate surface area is 270 Å². The van der Waals surface area contributed by atoms with Crippen LogP contribution in [0.3, 0.4) is 0 Å². The van der Waals surface area contributed by atoms with E-state index in [2.05, 4.69) is 23.8 Å². The van der Waals surface area contributed by atoms with Gasteiger partial charge in [-0.25, -0.2) is 0 Å². The van der Waals surface area contributed by atoms with E-state index in [4.69, 9.17) is 15.9 Å². The normalized spacial score (nSPS) is 11.6. The summed E-state index contributed by atoms with van der Waals surface area (Å²) in [6.45, 7) is 7.41. The molecule has 254 valence electrons. The Bertz CT molecular complexity index is 1040. The minimum atomic E-state index is -1.04. The van der Waals surface area contributed by atoms with Crippen molar-refractivity contribution >= 4 is 29.2 Å². The van der Waals surface area contributed by atoms with Crippen LogP contribution in [0.5, 0.6) is 0 Å². The summed E-state index contributed by atoms with van der Waals surface area (Å²) in [5, 5.41) is 33.4. The van der Waals surface area contributed by atoms with Crippen LogP contribution in [0.1, 0.15) is 151 Å². The number of amides is 2. The maximum atomic E-state index is 12.7. The molecule has 9 heteroatoms. The Kier molecular flexibility index (Phi) is 22.0. The summed E-state index contributed by atoms with van der Waals surface area (Å²) in [6.07, 6.45) is 21.9. The number of benzene rings is 1. The van der Waals surface area contributed by atoms with Crippen LogP contribution in [-0.2, 0) is 9.59 Å². The van der Waals surface area contributed by atoms with E-state index in [1.165, 1.54) is 83.1 Å². The van der Waals surface area contributed by atoms with E-state index < -0.39 is 12.0 Å². The lowest BCUT2D eigenvalue weighted by Gasteiger charge is -2.12. The van der Waals surface area contributed by atoms with E-state index in [0.29, 0.717) is 49.2 Å². The van der Waals surface area contributed by atoms with Gasteiger partial charge in [-0.2, -0.15) is 0 Å². The monoisotopic (exact) mass is 629 g/mol. The number of carbonyl (C=O) groups excluding carboxylic acids is 2. The number of nitrogens with two attached hydrogens (primary N) is 1. The topological polar surface area (TPSA) is 162 Å². The third-order valence-corrected chi connectivity index (χ3v) is 7.98. The first kappa shape index (κ1) is 39.7. The van der Waals surface area contributed by atoms with Gasteiger partial charge in [-0.15, -0.1) is 0 Å². The van der Waals surface area contributed by atoms with Crippen LogP contribution < -0.4 is 16.4 Å². The molecule has 0 aliphatic heterocycles. The van der Waals surface area contributed by atoms with Crippen LogP contribution in [0.2, 0.25) is 0 Å². The maximum Gasteiger partial charge on any atom is 0.320 e. The molecule has 0 aliphatic carbocycles. The molecular formula is C36H59N3O6. The second-order valence-corrected chi connectivity index (χ2v) is 12.2. The minimum Gasteiger partial charge on any atom is -0.513 e. The summed E-state index contributed by atoms with van der Waals surface area (Å²) >= 11 is 0. The van der Waals surface area contributed by atoms with Gasteiger partial charge in [-0.3, -0.25) is 14.4 Å². The van der Waals surface area contributed by atoms with Gasteiger partial charge in [-0.05, 0) is 50.3 Å². The first-order valence-electron chi connectivity index (χ1n) is 17.1. The largest absolute Gasteiger partial charge is 0.513 e. The lowest BCUT2D eigenvalue weighted by molar-refractivity contribution is -0.138. The molecule has 1 aromatic rings. The second-order valence-electron chi connectivity index (χ2n) is 12.2. The molecule has 2 amide bonds. The molecule has 45 heavy (non-hydrogen) atoms. The highest BCUT2D eigenvalue weighted by Crippen LogP contribution is 2.20. The van der Waals surface area contributed by atoms with Crippen molar-refractivity contribution in [2.75, 3.05) is 11.9 Å². The number of nitrogens with one attached hydrogen (secondary N) is 2. The van der Waals surface area contributed by atoms with Gasteiger partial charge in [0.05, 0.1) is 5.76 Å². The number of aliphatic hydroxyl groups is 2.